The third-order valence-corrected chi connectivity index (χ3v) is 6.50. The van der Waals surface area contributed by atoms with Crippen molar-refractivity contribution in [1.29, 1.82) is 0 Å². The highest BCUT2D eigenvalue weighted by Gasteiger charge is 2.43. The molecule has 0 fully saturated rings. The van der Waals surface area contributed by atoms with Crippen LogP contribution in [0.5, 0.6) is 0 Å². The smallest absolute Gasteiger partial charge is 0.290 e. The van der Waals surface area contributed by atoms with Crippen LogP contribution < -0.4 is 0 Å². The van der Waals surface area contributed by atoms with Gasteiger partial charge in [0.2, 0.25) is 0 Å². The SMILES string of the molecule is C=CCS(=O)(=O)C(CC(F)(F)F)OP(=O)(OC)OC.Cc1cccc(C(F)(F)F)c1. The minimum Gasteiger partial charge on any atom is -0.290 e. The molecule has 1 rings (SSSR count). The molecule has 0 radical (unpaired) electrons. The Kier molecular flexibility index (Phi) is 10.8. The van der Waals surface area contributed by atoms with Gasteiger partial charge in [-0.05, 0) is 13.0 Å². The Bertz CT molecular complexity index is 829. The molecule has 0 aliphatic heterocycles. The molecule has 0 bridgehead atoms. The molecule has 1 unspecified atom stereocenters. The van der Waals surface area contributed by atoms with Crippen LogP contribution in [0, 0.1) is 6.92 Å². The first kappa shape index (κ1) is 28.6. The van der Waals surface area contributed by atoms with Crippen LogP contribution >= 0.6 is 7.82 Å². The molecule has 1 aromatic carbocycles. The number of sulfone groups is 1. The molecule has 0 N–H and O–H groups in total. The molecule has 1 atom stereocenters. The Hall–Kier alpha value is -1.40. The van der Waals surface area contributed by atoms with Crippen LogP contribution in [0.2, 0.25) is 0 Å². The van der Waals surface area contributed by atoms with E-state index >= 15 is 0 Å². The molecule has 14 heteroatoms. The second kappa shape index (κ2) is 11.3. The van der Waals surface area contributed by atoms with Crippen molar-refractivity contribution in [2.45, 2.75) is 31.1 Å². The molecule has 0 saturated carbocycles. The van der Waals surface area contributed by atoms with Gasteiger partial charge in [-0.2, -0.15) is 26.3 Å². The Balaban J connectivity index is 0.000000642. The van der Waals surface area contributed by atoms with Crippen LogP contribution in [0.3, 0.4) is 0 Å². The summed E-state index contributed by atoms with van der Waals surface area (Å²) in [5, 5.41) is 0. The zero-order chi connectivity index (χ0) is 23.8. The zero-order valence-corrected chi connectivity index (χ0v) is 17.9. The maximum Gasteiger partial charge on any atom is 0.475 e. The van der Waals surface area contributed by atoms with Crippen molar-refractivity contribution in [2.75, 3.05) is 20.0 Å². The fourth-order valence-electron chi connectivity index (χ4n) is 1.82. The van der Waals surface area contributed by atoms with Gasteiger partial charge in [-0.15, -0.1) is 6.58 Å². The monoisotopic (exact) mass is 486 g/mol. The molecule has 1 aromatic rings. The van der Waals surface area contributed by atoms with Gasteiger partial charge in [0.05, 0.1) is 17.7 Å². The average Bonchev–Trinajstić information content (AvgIpc) is 2.59. The summed E-state index contributed by atoms with van der Waals surface area (Å²) >= 11 is 0. The van der Waals surface area contributed by atoms with Gasteiger partial charge < -0.3 is 0 Å². The summed E-state index contributed by atoms with van der Waals surface area (Å²) in [5.41, 5.74) is -2.35. The normalized spacial score (nSPS) is 13.9. The number of alkyl halides is 6. The van der Waals surface area contributed by atoms with Crippen LogP contribution in [-0.2, 0) is 34.1 Å². The molecule has 0 aromatic heterocycles. The van der Waals surface area contributed by atoms with Gasteiger partial charge in [-0.25, -0.2) is 13.0 Å². The maximum atomic E-state index is 12.3. The fraction of sp³-hybridized carbons (Fsp3) is 0.500. The summed E-state index contributed by atoms with van der Waals surface area (Å²) in [5.74, 6) is -0.763. The summed E-state index contributed by atoms with van der Waals surface area (Å²) in [7, 11) is -7.00. The predicted octanol–water partition coefficient (Wildman–Crippen LogP) is 5.30. The number of phosphoric ester groups is 1. The van der Waals surface area contributed by atoms with Crippen LogP contribution in [-0.4, -0.2) is 40.0 Å². The number of halogens is 6. The van der Waals surface area contributed by atoms with E-state index in [1.807, 2.05) is 0 Å². The highest BCUT2D eigenvalue weighted by atomic mass is 32.2. The van der Waals surface area contributed by atoms with Gasteiger partial charge in [-0.3, -0.25) is 13.6 Å². The van der Waals surface area contributed by atoms with Gasteiger partial charge in [0, 0.05) is 14.2 Å². The summed E-state index contributed by atoms with van der Waals surface area (Å²) in [6.45, 7) is 4.75. The van der Waals surface area contributed by atoms with E-state index in [9.17, 15) is 39.3 Å². The number of aryl methyl sites for hydroxylation is 1. The lowest BCUT2D eigenvalue weighted by atomic mass is 10.1. The number of phosphoric acid groups is 1. The van der Waals surface area contributed by atoms with Crippen LogP contribution in [0.15, 0.2) is 36.9 Å². The molecule has 0 aliphatic carbocycles. The van der Waals surface area contributed by atoms with Crippen molar-refractivity contribution in [3.63, 3.8) is 0 Å². The largest absolute Gasteiger partial charge is 0.475 e. The summed E-state index contributed by atoms with van der Waals surface area (Å²) in [6.07, 6.45) is -9.98. The van der Waals surface area contributed by atoms with Gasteiger partial charge in [0.15, 0.2) is 15.3 Å². The Morgan fingerprint density at radius 3 is 2.00 bits per heavy atom. The van der Waals surface area contributed by atoms with E-state index in [1.54, 1.807) is 13.0 Å². The van der Waals surface area contributed by atoms with Crippen LogP contribution in [0.1, 0.15) is 17.5 Å². The Labute approximate surface area is 170 Å². The fourth-order valence-corrected chi connectivity index (χ4v) is 4.33. The quantitative estimate of drug-likeness (QED) is 0.282. The minimum absolute atomic E-state index is 0.586. The predicted molar refractivity (Wildman–Crippen MR) is 97.3 cm³/mol. The molecule has 0 heterocycles. The van der Waals surface area contributed by atoms with Crippen molar-refractivity contribution in [1.82, 2.24) is 0 Å². The van der Waals surface area contributed by atoms with E-state index in [1.165, 1.54) is 6.07 Å². The van der Waals surface area contributed by atoms with E-state index in [4.69, 9.17) is 0 Å². The first-order valence-corrected chi connectivity index (χ1v) is 11.1. The van der Waals surface area contributed by atoms with Gasteiger partial charge in [0.25, 0.3) is 0 Å². The molecule has 0 spiro atoms. The second-order valence-corrected chi connectivity index (χ2v) is 9.67. The van der Waals surface area contributed by atoms with Crippen molar-refractivity contribution in [3.8, 4) is 0 Å². The highest BCUT2D eigenvalue weighted by molar-refractivity contribution is 7.92. The third kappa shape index (κ3) is 10.6. The molecule has 0 aliphatic rings. The van der Waals surface area contributed by atoms with Gasteiger partial charge >= 0.3 is 20.2 Å². The van der Waals surface area contributed by atoms with E-state index in [2.05, 4.69) is 20.2 Å². The maximum absolute atomic E-state index is 12.3. The lowest BCUT2D eigenvalue weighted by Gasteiger charge is -2.22. The lowest BCUT2D eigenvalue weighted by molar-refractivity contribution is -0.144. The van der Waals surface area contributed by atoms with Crippen molar-refractivity contribution < 1.29 is 52.9 Å². The molecule has 30 heavy (non-hydrogen) atoms. The average molecular weight is 486 g/mol. The standard InChI is InChI=1S/C8H14F3O6PS.C8H7F3/c1-4-5-19(13,14)7(6-8(9,10)11)17-18(12,15-2)16-3;1-6-3-2-4-7(5-6)8(9,10)11/h4,7H,1,5-6H2,2-3H3;2-5H,1H3. The number of hydrogen-bond donors (Lipinski definition) is 0. The number of benzene rings is 1. The van der Waals surface area contributed by atoms with Crippen molar-refractivity contribution >= 4 is 17.7 Å². The lowest BCUT2D eigenvalue weighted by Crippen LogP contribution is -2.31. The van der Waals surface area contributed by atoms with Gasteiger partial charge in [-0.1, -0.05) is 29.8 Å². The van der Waals surface area contributed by atoms with Gasteiger partial charge in [0.1, 0.15) is 0 Å². The van der Waals surface area contributed by atoms with E-state index < -0.39 is 53.2 Å². The van der Waals surface area contributed by atoms with E-state index in [0.717, 1.165) is 32.4 Å². The molecule has 0 amide bonds. The molecular weight excluding hydrogens is 465 g/mol. The molecule has 6 nitrogen and oxygen atoms in total. The van der Waals surface area contributed by atoms with Crippen molar-refractivity contribution in [2.24, 2.45) is 0 Å². The van der Waals surface area contributed by atoms with E-state index in [0.29, 0.717) is 5.56 Å². The highest BCUT2D eigenvalue weighted by Crippen LogP contribution is 2.50. The van der Waals surface area contributed by atoms with Crippen molar-refractivity contribution in [3.05, 3.63) is 48.0 Å². The summed E-state index contributed by atoms with van der Waals surface area (Å²) in [6, 6.07) is 5.22. The molecule has 0 saturated heterocycles. The zero-order valence-electron chi connectivity index (χ0n) is 16.2. The first-order chi connectivity index (χ1) is 13.5. The third-order valence-electron chi connectivity index (χ3n) is 3.19. The van der Waals surface area contributed by atoms with E-state index in [-0.39, 0.29) is 0 Å². The second-order valence-electron chi connectivity index (χ2n) is 5.65. The summed E-state index contributed by atoms with van der Waals surface area (Å²) in [4.78, 5) is 0. The summed E-state index contributed by atoms with van der Waals surface area (Å²) < 4.78 is 121. The topological polar surface area (TPSA) is 78.9 Å². The Morgan fingerprint density at radius 2 is 1.67 bits per heavy atom. The molecular formula is C16H21F6O6PS. The van der Waals surface area contributed by atoms with Crippen LogP contribution in [0.4, 0.5) is 26.3 Å². The number of rotatable bonds is 8. The first-order valence-electron chi connectivity index (χ1n) is 7.92. The Morgan fingerprint density at radius 1 is 1.13 bits per heavy atom. The van der Waals surface area contributed by atoms with Crippen LogP contribution in [0.25, 0.3) is 0 Å². The number of hydrogen-bond acceptors (Lipinski definition) is 6. The minimum atomic E-state index is -4.83. The molecule has 174 valence electrons.